The first-order chi connectivity index (χ1) is 15.8. The van der Waals surface area contributed by atoms with Crippen LogP contribution >= 0.6 is 11.3 Å². The van der Waals surface area contributed by atoms with E-state index in [9.17, 15) is 5.11 Å². The second kappa shape index (κ2) is 8.30. The van der Waals surface area contributed by atoms with Crippen molar-refractivity contribution in [3.05, 3.63) is 59.5 Å². The van der Waals surface area contributed by atoms with Gasteiger partial charge in [0.1, 0.15) is 16.5 Å². The first-order valence-corrected chi connectivity index (χ1v) is 12.4. The fourth-order valence-electron chi connectivity index (χ4n) is 4.88. The first kappa shape index (κ1) is 19.9. The number of piperidine rings is 1. The number of benzene rings is 1. The van der Waals surface area contributed by atoms with E-state index in [2.05, 4.69) is 51.8 Å². The molecule has 6 rings (SSSR count). The highest BCUT2D eigenvalue weighted by Crippen LogP contribution is 2.44. The first-order valence-electron chi connectivity index (χ1n) is 11.5. The van der Waals surface area contributed by atoms with Crippen LogP contribution in [-0.2, 0) is 6.54 Å². The molecule has 2 aliphatic rings. The Labute approximate surface area is 191 Å². The summed E-state index contributed by atoms with van der Waals surface area (Å²) >= 11 is 1.74. The third kappa shape index (κ3) is 3.59. The van der Waals surface area contributed by atoms with Crippen LogP contribution in [0.4, 0.5) is 5.82 Å². The van der Waals surface area contributed by atoms with Crippen molar-refractivity contribution >= 4 is 27.4 Å². The average molecular weight is 446 g/mol. The molecule has 1 saturated heterocycles. The van der Waals surface area contributed by atoms with Gasteiger partial charge < -0.3 is 10.0 Å². The molecular formula is C25H27N5OS. The van der Waals surface area contributed by atoms with Gasteiger partial charge in [-0.25, -0.2) is 9.97 Å². The predicted molar refractivity (Wildman–Crippen MR) is 128 cm³/mol. The van der Waals surface area contributed by atoms with Gasteiger partial charge in [-0.2, -0.15) is 5.10 Å². The summed E-state index contributed by atoms with van der Waals surface area (Å²) in [6.07, 6.45) is 6.39. The van der Waals surface area contributed by atoms with E-state index in [1.165, 1.54) is 35.0 Å². The Morgan fingerprint density at radius 3 is 2.53 bits per heavy atom. The number of aromatic nitrogens is 4. The van der Waals surface area contributed by atoms with E-state index in [1.54, 1.807) is 11.3 Å². The minimum atomic E-state index is 0.122. The second-order valence-corrected chi connectivity index (χ2v) is 9.70. The number of rotatable bonds is 6. The lowest BCUT2D eigenvalue weighted by atomic mass is 9.93. The zero-order chi connectivity index (χ0) is 21.5. The molecule has 4 aromatic rings. The molecule has 0 bridgehead atoms. The van der Waals surface area contributed by atoms with Crippen molar-refractivity contribution in [2.45, 2.75) is 44.1 Å². The van der Waals surface area contributed by atoms with Gasteiger partial charge in [-0.1, -0.05) is 30.3 Å². The lowest BCUT2D eigenvalue weighted by Gasteiger charge is -2.33. The van der Waals surface area contributed by atoms with Crippen molar-refractivity contribution in [3.63, 3.8) is 0 Å². The van der Waals surface area contributed by atoms with Crippen molar-refractivity contribution in [2.75, 3.05) is 24.6 Å². The van der Waals surface area contributed by atoms with Gasteiger partial charge in [-0.05, 0) is 37.3 Å². The highest BCUT2D eigenvalue weighted by atomic mass is 32.1. The third-order valence-electron chi connectivity index (χ3n) is 6.73. The van der Waals surface area contributed by atoms with Gasteiger partial charge in [-0.15, -0.1) is 11.3 Å². The third-order valence-corrected chi connectivity index (χ3v) is 7.61. The lowest BCUT2D eigenvalue weighted by Crippen LogP contribution is -2.34. The summed E-state index contributed by atoms with van der Waals surface area (Å²) in [6.45, 7) is 2.62. The molecule has 0 atom stereocenters. The molecule has 7 heteroatoms. The molecule has 0 unspecified atom stereocenters. The monoisotopic (exact) mass is 445 g/mol. The summed E-state index contributed by atoms with van der Waals surface area (Å²) < 4.78 is 1.96. The van der Waals surface area contributed by atoms with Gasteiger partial charge in [-0.3, -0.25) is 4.68 Å². The molecule has 164 valence electrons. The molecule has 1 aromatic carbocycles. The van der Waals surface area contributed by atoms with Crippen molar-refractivity contribution in [1.29, 1.82) is 0 Å². The Morgan fingerprint density at radius 1 is 0.969 bits per heavy atom. The number of thiophene rings is 1. The topological polar surface area (TPSA) is 67.1 Å². The molecule has 1 N–H and O–H groups in total. The Morgan fingerprint density at radius 2 is 1.78 bits per heavy atom. The molecule has 6 nitrogen and oxygen atoms in total. The van der Waals surface area contributed by atoms with Crippen LogP contribution < -0.4 is 4.90 Å². The largest absolute Gasteiger partial charge is 0.394 e. The van der Waals surface area contributed by atoms with Crippen LogP contribution in [0, 0.1) is 0 Å². The average Bonchev–Trinajstić information content (AvgIpc) is 3.44. The summed E-state index contributed by atoms with van der Waals surface area (Å²) in [5.74, 6) is 3.14. The van der Waals surface area contributed by atoms with Crippen molar-refractivity contribution in [3.8, 4) is 11.1 Å². The Hall–Kier alpha value is -2.77. The minimum Gasteiger partial charge on any atom is -0.394 e. The van der Waals surface area contributed by atoms with E-state index in [0.29, 0.717) is 18.4 Å². The molecule has 0 amide bonds. The molecule has 2 fully saturated rings. The molecule has 1 aliphatic carbocycles. The quantitative estimate of drug-likeness (QED) is 0.461. The van der Waals surface area contributed by atoms with E-state index in [-0.39, 0.29) is 6.61 Å². The molecule has 4 heterocycles. The molecule has 1 aliphatic heterocycles. The Balaban J connectivity index is 1.34. The highest BCUT2D eigenvalue weighted by molar-refractivity contribution is 7.17. The van der Waals surface area contributed by atoms with Crippen molar-refractivity contribution in [2.24, 2.45) is 0 Å². The van der Waals surface area contributed by atoms with Crippen LogP contribution in [0.25, 0.3) is 21.3 Å². The SMILES string of the molecule is OCCn1nccc1C1CCN(c2nc(C3CC3)nc3scc(-c4ccccc4)c23)CC1. The van der Waals surface area contributed by atoms with Gasteiger partial charge in [0.25, 0.3) is 0 Å². The van der Waals surface area contributed by atoms with E-state index in [0.717, 1.165) is 42.4 Å². The van der Waals surface area contributed by atoms with E-state index in [4.69, 9.17) is 9.97 Å². The summed E-state index contributed by atoms with van der Waals surface area (Å²) in [7, 11) is 0. The molecule has 1 saturated carbocycles. The fraction of sp³-hybridized carbons (Fsp3) is 0.400. The van der Waals surface area contributed by atoms with E-state index < -0.39 is 0 Å². The fourth-order valence-corrected chi connectivity index (χ4v) is 5.83. The van der Waals surface area contributed by atoms with Gasteiger partial charge in [0.2, 0.25) is 0 Å². The number of aliphatic hydroxyl groups excluding tert-OH is 1. The zero-order valence-corrected chi connectivity index (χ0v) is 18.8. The zero-order valence-electron chi connectivity index (χ0n) is 18.0. The number of nitrogens with zero attached hydrogens (tertiary/aromatic N) is 5. The second-order valence-electron chi connectivity index (χ2n) is 8.84. The number of aliphatic hydroxyl groups is 1. The van der Waals surface area contributed by atoms with Gasteiger partial charge in [0.05, 0.1) is 18.5 Å². The lowest BCUT2D eigenvalue weighted by molar-refractivity contribution is 0.265. The standard InChI is InChI=1S/C25H27N5OS/c31-15-14-30-21(8-11-26-30)18-9-12-29(13-10-18)24-22-20(17-4-2-1-3-5-17)16-32-25(22)28-23(27-24)19-6-7-19/h1-5,8,11,16,18-19,31H,6-7,9-10,12-15H2. The summed E-state index contributed by atoms with van der Waals surface area (Å²) in [6, 6.07) is 12.7. The van der Waals surface area contributed by atoms with Crippen molar-refractivity contribution < 1.29 is 5.11 Å². The molecule has 3 aromatic heterocycles. The van der Waals surface area contributed by atoms with E-state index >= 15 is 0 Å². The van der Waals surface area contributed by atoms with Gasteiger partial charge in [0.15, 0.2) is 0 Å². The summed E-state index contributed by atoms with van der Waals surface area (Å²) in [5, 5.41) is 17.2. The summed E-state index contributed by atoms with van der Waals surface area (Å²) in [5.41, 5.74) is 3.71. The Kier molecular flexibility index (Phi) is 5.15. The number of anilines is 1. The normalized spacial score (nSPS) is 17.3. The molecule has 0 radical (unpaired) electrons. The molecular weight excluding hydrogens is 418 g/mol. The number of fused-ring (bicyclic) bond motifs is 1. The smallest absolute Gasteiger partial charge is 0.141 e. The van der Waals surface area contributed by atoms with Crippen LogP contribution in [0.2, 0.25) is 0 Å². The van der Waals surface area contributed by atoms with Crippen molar-refractivity contribution in [1.82, 2.24) is 19.7 Å². The number of hydrogen-bond donors (Lipinski definition) is 1. The number of hydrogen-bond acceptors (Lipinski definition) is 6. The maximum absolute atomic E-state index is 9.35. The van der Waals surface area contributed by atoms with Crippen LogP contribution in [0.15, 0.2) is 48.0 Å². The molecule has 0 spiro atoms. The van der Waals surface area contributed by atoms with Gasteiger partial charge >= 0.3 is 0 Å². The van der Waals surface area contributed by atoms with E-state index in [1.807, 2.05) is 10.9 Å². The predicted octanol–water partition coefficient (Wildman–Crippen LogP) is 4.81. The van der Waals surface area contributed by atoms with Crippen LogP contribution in [0.1, 0.15) is 49.0 Å². The van der Waals surface area contributed by atoms with Gasteiger partial charge in [0, 0.05) is 47.8 Å². The Bertz CT molecular complexity index is 1220. The highest BCUT2D eigenvalue weighted by Gasteiger charge is 2.31. The van der Waals surface area contributed by atoms with Crippen LogP contribution in [0.5, 0.6) is 0 Å². The van der Waals surface area contributed by atoms with Crippen LogP contribution in [-0.4, -0.2) is 44.6 Å². The summed E-state index contributed by atoms with van der Waals surface area (Å²) in [4.78, 5) is 13.7. The minimum absolute atomic E-state index is 0.122. The maximum atomic E-state index is 9.35. The molecule has 32 heavy (non-hydrogen) atoms. The maximum Gasteiger partial charge on any atom is 0.141 e. The van der Waals surface area contributed by atoms with Crippen LogP contribution in [0.3, 0.4) is 0 Å².